The lowest BCUT2D eigenvalue weighted by Gasteiger charge is -2.20. The number of aryl methyl sites for hydroxylation is 1. The molecule has 0 aromatic heterocycles. The van der Waals surface area contributed by atoms with E-state index in [1.807, 2.05) is 6.07 Å². The van der Waals surface area contributed by atoms with Crippen molar-refractivity contribution < 1.29 is 4.79 Å². The van der Waals surface area contributed by atoms with Crippen molar-refractivity contribution in [3.8, 4) is 0 Å². The summed E-state index contributed by atoms with van der Waals surface area (Å²) in [5.41, 5.74) is 6.75. The van der Waals surface area contributed by atoms with Crippen LogP contribution in [0.25, 0.3) is 5.57 Å². The van der Waals surface area contributed by atoms with Crippen molar-refractivity contribution >= 4 is 11.5 Å². The minimum atomic E-state index is 0.0608. The zero-order chi connectivity index (χ0) is 16.2. The highest BCUT2D eigenvalue weighted by Crippen LogP contribution is 2.41. The number of carbonyl (C=O) groups is 1. The first-order chi connectivity index (χ1) is 11.2. The third-order valence-corrected chi connectivity index (χ3v) is 5.33. The molecule has 1 aromatic carbocycles. The first-order valence-electron chi connectivity index (χ1n) is 9.07. The molecule has 0 atom stereocenters. The summed E-state index contributed by atoms with van der Waals surface area (Å²) in [5.74, 6) is 0.0608. The molecule has 3 nitrogen and oxygen atoms in total. The van der Waals surface area contributed by atoms with Crippen LogP contribution < -0.4 is 5.32 Å². The Hall–Kier alpha value is -1.61. The Balaban J connectivity index is 1.67. The second-order valence-electron chi connectivity index (χ2n) is 6.59. The largest absolute Gasteiger partial charge is 0.351 e. The monoisotopic (exact) mass is 312 g/mol. The van der Waals surface area contributed by atoms with Gasteiger partial charge in [-0.3, -0.25) is 4.79 Å². The lowest BCUT2D eigenvalue weighted by atomic mass is 9.86. The number of fused-ring (bicyclic) bond motifs is 2. The summed E-state index contributed by atoms with van der Waals surface area (Å²) in [6.45, 7) is 8.00. The Labute approximate surface area is 139 Å². The number of likely N-dealkylation sites (N-methyl/N-ethyl adjacent to an activating group) is 1. The smallest absolute Gasteiger partial charge is 0.251 e. The van der Waals surface area contributed by atoms with Crippen LogP contribution in [0.3, 0.4) is 0 Å². The zero-order valence-corrected chi connectivity index (χ0v) is 14.5. The number of benzene rings is 1. The summed E-state index contributed by atoms with van der Waals surface area (Å²) in [4.78, 5) is 14.8. The first-order valence-corrected chi connectivity index (χ1v) is 9.07. The van der Waals surface area contributed by atoms with E-state index in [1.54, 1.807) is 5.57 Å². The molecule has 1 aromatic rings. The minimum Gasteiger partial charge on any atom is -0.351 e. The normalized spacial score (nSPS) is 16.5. The molecule has 0 aliphatic heterocycles. The van der Waals surface area contributed by atoms with Gasteiger partial charge < -0.3 is 10.2 Å². The van der Waals surface area contributed by atoms with Crippen molar-refractivity contribution in [1.29, 1.82) is 0 Å². The van der Waals surface area contributed by atoms with Gasteiger partial charge in [-0.25, -0.2) is 0 Å². The molecule has 124 valence electrons. The van der Waals surface area contributed by atoms with E-state index in [4.69, 9.17) is 0 Å². The van der Waals surface area contributed by atoms with Gasteiger partial charge in [0.1, 0.15) is 0 Å². The third-order valence-electron chi connectivity index (χ3n) is 5.33. The van der Waals surface area contributed by atoms with E-state index >= 15 is 0 Å². The number of nitrogens with zero attached hydrogens (tertiary/aromatic N) is 1. The van der Waals surface area contributed by atoms with Crippen molar-refractivity contribution in [1.82, 2.24) is 10.2 Å². The number of rotatable bonds is 6. The molecule has 0 fully saturated rings. The van der Waals surface area contributed by atoms with Crippen LogP contribution in [0.5, 0.6) is 0 Å². The van der Waals surface area contributed by atoms with Crippen LogP contribution >= 0.6 is 0 Å². The standard InChI is InChI=1S/C20H28N2O/c1-3-22(4-2)13-12-21-20(23)17-11-10-16-9-8-15-6-5-7-18(15)19(16)14-17/h10-11,14H,3-9,12-13H2,1-2H3,(H,21,23). The summed E-state index contributed by atoms with van der Waals surface area (Å²) in [6.07, 6.45) is 6.09. The fraction of sp³-hybridized carbons (Fsp3) is 0.550. The van der Waals surface area contributed by atoms with Crippen LogP contribution in [0.1, 0.15) is 61.0 Å². The quantitative estimate of drug-likeness (QED) is 0.870. The highest BCUT2D eigenvalue weighted by Gasteiger charge is 2.23. The molecule has 1 N–H and O–H groups in total. The first kappa shape index (κ1) is 16.3. The van der Waals surface area contributed by atoms with Gasteiger partial charge in [-0.1, -0.05) is 25.5 Å². The fourth-order valence-electron chi connectivity index (χ4n) is 3.88. The van der Waals surface area contributed by atoms with Crippen molar-refractivity contribution in [2.75, 3.05) is 26.2 Å². The number of amides is 1. The Bertz CT molecular complexity index is 614. The molecule has 0 saturated carbocycles. The Morgan fingerprint density at radius 3 is 2.74 bits per heavy atom. The van der Waals surface area contributed by atoms with E-state index < -0.39 is 0 Å². The van der Waals surface area contributed by atoms with E-state index in [2.05, 4.69) is 36.2 Å². The van der Waals surface area contributed by atoms with Gasteiger partial charge in [-0.05, 0) is 74.0 Å². The second-order valence-corrected chi connectivity index (χ2v) is 6.59. The average molecular weight is 312 g/mol. The molecule has 3 heteroatoms. The molecule has 2 aliphatic carbocycles. The predicted molar refractivity (Wildman–Crippen MR) is 95.7 cm³/mol. The number of nitrogens with one attached hydrogen (secondary N) is 1. The molecule has 1 amide bonds. The maximum Gasteiger partial charge on any atom is 0.251 e. The summed E-state index contributed by atoms with van der Waals surface area (Å²) in [5, 5.41) is 3.07. The van der Waals surface area contributed by atoms with Crippen molar-refractivity contribution in [2.24, 2.45) is 0 Å². The van der Waals surface area contributed by atoms with Crippen LogP contribution in [-0.4, -0.2) is 37.0 Å². The SMILES string of the molecule is CCN(CC)CCNC(=O)c1ccc2c(c1)C1=C(CCC1)CC2. The highest BCUT2D eigenvalue weighted by atomic mass is 16.1. The average Bonchev–Trinajstić information content (AvgIpc) is 3.07. The predicted octanol–water partition coefficient (Wildman–Crippen LogP) is 3.64. The van der Waals surface area contributed by atoms with E-state index in [1.165, 1.54) is 42.4 Å². The van der Waals surface area contributed by atoms with Gasteiger partial charge in [0.25, 0.3) is 5.91 Å². The Kier molecular flexibility index (Phi) is 5.16. The van der Waals surface area contributed by atoms with Gasteiger partial charge in [0.2, 0.25) is 0 Å². The molecular formula is C20H28N2O. The van der Waals surface area contributed by atoms with Crippen LogP contribution in [0.2, 0.25) is 0 Å². The number of carbonyl (C=O) groups excluding carboxylic acids is 1. The lowest BCUT2D eigenvalue weighted by molar-refractivity contribution is 0.0949. The molecule has 3 rings (SSSR count). The molecule has 0 radical (unpaired) electrons. The van der Waals surface area contributed by atoms with Gasteiger partial charge in [0.15, 0.2) is 0 Å². The number of hydrogen-bond acceptors (Lipinski definition) is 2. The highest BCUT2D eigenvalue weighted by molar-refractivity contribution is 5.95. The van der Waals surface area contributed by atoms with E-state index in [-0.39, 0.29) is 5.91 Å². The molecule has 23 heavy (non-hydrogen) atoms. The zero-order valence-electron chi connectivity index (χ0n) is 14.5. The van der Waals surface area contributed by atoms with Gasteiger partial charge in [-0.15, -0.1) is 0 Å². The third kappa shape index (κ3) is 3.50. The minimum absolute atomic E-state index is 0.0608. The Morgan fingerprint density at radius 2 is 1.96 bits per heavy atom. The van der Waals surface area contributed by atoms with Gasteiger partial charge in [0.05, 0.1) is 0 Å². The second kappa shape index (κ2) is 7.31. The molecule has 2 aliphatic rings. The van der Waals surface area contributed by atoms with Crippen molar-refractivity contribution in [2.45, 2.75) is 46.0 Å². The molecule has 0 spiro atoms. The molecule has 0 saturated heterocycles. The van der Waals surface area contributed by atoms with Crippen LogP contribution in [0.15, 0.2) is 23.8 Å². The fourth-order valence-corrected chi connectivity index (χ4v) is 3.88. The van der Waals surface area contributed by atoms with E-state index in [9.17, 15) is 4.79 Å². The van der Waals surface area contributed by atoms with Crippen molar-refractivity contribution in [3.05, 3.63) is 40.5 Å². The molecule has 0 bridgehead atoms. The Morgan fingerprint density at radius 1 is 1.13 bits per heavy atom. The topological polar surface area (TPSA) is 32.3 Å². The molecular weight excluding hydrogens is 284 g/mol. The summed E-state index contributed by atoms with van der Waals surface area (Å²) in [6, 6.07) is 6.28. The summed E-state index contributed by atoms with van der Waals surface area (Å²) >= 11 is 0. The van der Waals surface area contributed by atoms with Gasteiger partial charge >= 0.3 is 0 Å². The van der Waals surface area contributed by atoms with Crippen LogP contribution in [0, 0.1) is 0 Å². The van der Waals surface area contributed by atoms with E-state index in [0.717, 1.165) is 31.6 Å². The van der Waals surface area contributed by atoms with Crippen LogP contribution in [0.4, 0.5) is 0 Å². The summed E-state index contributed by atoms with van der Waals surface area (Å²) < 4.78 is 0. The summed E-state index contributed by atoms with van der Waals surface area (Å²) in [7, 11) is 0. The maximum absolute atomic E-state index is 12.4. The van der Waals surface area contributed by atoms with Gasteiger partial charge in [-0.2, -0.15) is 0 Å². The maximum atomic E-state index is 12.4. The van der Waals surface area contributed by atoms with Gasteiger partial charge in [0, 0.05) is 18.7 Å². The van der Waals surface area contributed by atoms with Crippen LogP contribution in [-0.2, 0) is 6.42 Å². The van der Waals surface area contributed by atoms with E-state index in [0.29, 0.717) is 6.54 Å². The molecule has 0 unspecified atom stereocenters. The molecule has 0 heterocycles. The van der Waals surface area contributed by atoms with Crippen molar-refractivity contribution in [3.63, 3.8) is 0 Å². The lowest BCUT2D eigenvalue weighted by Crippen LogP contribution is -2.34. The number of allylic oxidation sites excluding steroid dienone is 2. The number of hydrogen-bond donors (Lipinski definition) is 1.